The van der Waals surface area contributed by atoms with E-state index in [0.717, 1.165) is 6.07 Å². The van der Waals surface area contributed by atoms with Crippen LogP contribution in [0.3, 0.4) is 0 Å². The van der Waals surface area contributed by atoms with Crippen molar-refractivity contribution in [1.29, 1.82) is 0 Å². The molecule has 0 bridgehead atoms. The summed E-state index contributed by atoms with van der Waals surface area (Å²) in [4.78, 5) is 61.2. The molecule has 0 unspecified atom stereocenters. The zero-order valence-electron chi connectivity index (χ0n) is 13.7. The SMILES string of the molecule is CCOC(=O)c1ccc(NC(=O)COC(=O)c2cc(=O)[nH]c(=O)[nH]2)cc1. The summed E-state index contributed by atoms with van der Waals surface area (Å²) in [7, 11) is 0. The lowest BCUT2D eigenvalue weighted by atomic mass is 10.2. The van der Waals surface area contributed by atoms with Gasteiger partial charge in [0.15, 0.2) is 6.61 Å². The molecule has 1 aromatic carbocycles. The fourth-order valence-electron chi connectivity index (χ4n) is 1.89. The Labute approximate surface area is 146 Å². The second-order valence-corrected chi connectivity index (χ2v) is 4.92. The number of H-pyrrole nitrogens is 2. The molecule has 0 fully saturated rings. The molecule has 0 aliphatic heterocycles. The van der Waals surface area contributed by atoms with Crippen LogP contribution in [0.4, 0.5) is 5.69 Å². The fourth-order valence-corrected chi connectivity index (χ4v) is 1.89. The second kappa shape index (κ2) is 8.42. The van der Waals surface area contributed by atoms with Gasteiger partial charge in [0.2, 0.25) is 0 Å². The molecule has 2 rings (SSSR count). The van der Waals surface area contributed by atoms with Crippen molar-refractivity contribution < 1.29 is 23.9 Å². The smallest absolute Gasteiger partial charge is 0.355 e. The van der Waals surface area contributed by atoms with Crippen LogP contribution >= 0.6 is 0 Å². The normalized spacial score (nSPS) is 10.0. The largest absolute Gasteiger partial charge is 0.462 e. The van der Waals surface area contributed by atoms with Crippen LogP contribution in [0.1, 0.15) is 27.8 Å². The number of esters is 2. The van der Waals surface area contributed by atoms with Gasteiger partial charge in [0.05, 0.1) is 12.2 Å². The van der Waals surface area contributed by atoms with E-state index in [4.69, 9.17) is 9.47 Å². The van der Waals surface area contributed by atoms with E-state index in [1.807, 2.05) is 4.98 Å². The number of rotatable bonds is 6. The molecule has 0 aliphatic rings. The molecule has 0 atom stereocenters. The zero-order chi connectivity index (χ0) is 19.1. The van der Waals surface area contributed by atoms with Crippen LogP contribution in [-0.2, 0) is 14.3 Å². The van der Waals surface area contributed by atoms with Gasteiger partial charge in [-0.05, 0) is 31.2 Å². The highest BCUT2D eigenvalue weighted by molar-refractivity contribution is 5.95. The van der Waals surface area contributed by atoms with Gasteiger partial charge in [-0.25, -0.2) is 14.4 Å². The summed E-state index contributed by atoms with van der Waals surface area (Å²) >= 11 is 0. The first kappa shape index (κ1) is 18.6. The third-order valence-electron chi connectivity index (χ3n) is 2.99. The molecule has 2 aromatic rings. The Balaban J connectivity index is 1.90. The van der Waals surface area contributed by atoms with Gasteiger partial charge in [-0.2, -0.15) is 0 Å². The predicted molar refractivity (Wildman–Crippen MR) is 89.0 cm³/mol. The number of aromatic amines is 2. The maximum Gasteiger partial charge on any atom is 0.355 e. The molecule has 0 radical (unpaired) electrons. The first-order valence-electron chi connectivity index (χ1n) is 7.47. The van der Waals surface area contributed by atoms with Crippen LogP contribution in [-0.4, -0.2) is 41.0 Å². The third kappa shape index (κ3) is 5.16. The van der Waals surface area contributed by atoms with Gasteiger partial charge in [-0.15, -0.1) is 0 Å². The van der Waals surface area contributed by atoms with Gasteiger partial charge in [-0.1, -0.05) is 0 Å². The van der Waals surface area contributed by atoms with Crippen LogP contribution in [0.2, 0.25) is 0 Å². The van der Waals surface area contributed by atoms with E-state index < -0.39 is 35.7 Å². The van der Waals surface area contributed by atoms with Crippen molar-refractivity contribution in [2.24, 2.45) is 0 Å². The Morgan fingerprint density at radius 3 is 2.31 bits per heavy atom. The summed E-state index contributed by atoms with van der Waals surface area (Å²) in [6, 6.07) is 6.76. The van der Waals surface area contributed by atoms with Gasteiger partial charge in [0, 0.05) is 11.8 Å². The van der Waals surface area contributed by atoms with Crippen molar-refractivity contribution in [2.75, 3.05) is 18.5 Å². The van der Waals surface area contributed by atoms with Crippen LogP contribution in [0, 0.1) is 0 Å². The van der Waals surface area contributed by atoms with E-state index in [0.29, 0.717) is 11.3 Å². The summed E-state index contributed by atoms with van der Waals surface area (Å²) in [5.41, 5.74) is -1.30. The number of carbonyl (C=O) groups excluding carboxylic acids is 3. The van der Waals surface area contributed by atoms with Crippen LogP contribution < -0.4 is 16.6 Å². The highest BCUT2D eigenvalue weighted by atomic mass is 16.5. The van der Waals surface area contributed by atoms with Crippen molar-refractivity contribution >= 4 is 23.5 Å². The molecule has 0 saturated carbocycles. The number of carbonyl (C=O) groups is 3. The van der Waals surface area contributed by atoms with E-state index in [1.165, 1.54) is 24.3 Å². The molecule has 3 N–H and O–H groups in total. The van der Waals surface area contributed by atoms with E-state index >= 15 is 0 Å². The molecular weight excluding hydrogens is 346 g/mol. The average Bonchev–Trinajstić information content (AvgIpc) is 2.59. The third-order valence-corrected chi connectivity index (χ3v) is 2.99. The summed E-state index contributed by atoms with van der Waals surface area (Å²) in [5, 5.41) is 2.46. The Hall–Kier alpha value is -3.69. The molecule has 1 heterocycles. The average molecular weight is 361 g/mol. The molecule has 10 nitrogen and oxygen atoms in total. The number of anilines is 1. The van der Waals surface area contributed by atoms with Crippen LogP contribution in [0.25, 0.3) is 0 Å². The number of nitrogens with one attached hydrogen (secondary N) is 3. The minimum atomic E-state index is -1.03. The summed E-state index contributed by atoms with van der Waals surface area (Å²) in [5.74, 6) is -2.15. The van der Waals surface area contributed by atoms with Crippen molar-refractivity contribution in [2.45, 2.75) is 6.92 Å². The van der Waals surface area contributed by atoms with Crippen molar-refractivity contribution in [3.8, 4) is 0 Å². The van der Waals surface area contributed by atoms with E-state index in [2.05, 4.69) is 10.3 Å². The predicted octanol–water partition coefficient (Wildman–Crippen LogP) is 0.0354. The number of ether oxygens (including phenoxy) is 2. The first-order chi connectivity index (χ1) is 12.4. The summed E-state index contributed by atoms with van der Waals surface area (Å²) in [6.07, 6.45) is 0. The Bertz CT molecular complexity index is 900. The Morgan fingerprint density at radius 2 is 1.69 bits per heavy atom. The van der Waals surface area contributed by atoms with Crippen molar-refractivity contribution in [3.05, 3.63) is 62.4 Å². The number of hydrogen-bond donors (Lipinski definition) is 3. The Morgan fingerprint density at radius 1 is 1.00 bits per heavy atom. The number of hydrogen-bond acceptors (Lipinski definition) is 7. The van der Waals surface area contributed by atoms with Crippen LogP contribution in [0.15, 0.2) is 39.9 Å². The van der Waals surface area contributed by atoms with Crippen molar-refractivity contribution in [1.82, 2.24) is 9.97 Å². The molecular formula is C16H15N3O7. The quantitative estimate of drug-likeness (QED) is 0.615. The lowest BCUT2D eigenvalue weighted by molar-refractivity contribution is -0.119. The highest BCUT2D eigenvalue weighted by Crippen LogP contribution is 2.10. The van der Waals surface area contributed by atoms with Crippen molar-refractivity contribution in [3.63, 3.8) is 0 Å². The topological polar surface area (TPSA) is 147 Å². The molecule has 136 valence electrons. The van der Waals surface area contributed by atoms with E-state index in [9.17, 15) is 24.0 Å². The maximum absolute atomic E-state index is 11.8. The van der Waals surface area contributed by atoms with Gasteiger partial charge in [-0.3, -0.25) is 14.6 Å². The molecule has 26 heavy (non-hydrogen) atoms. The number of aromatic nitrogens is 2. The summed E-state index contributed by atoms with van der Waals surface area (Å²) < 4.78 is 9.56. The first-order valence-corrected chi connectivity index (χ1v) is 7.47. The molecule has 1 aromatic heterocycles. The van der Waals surface area contributed by atoms with Crippen LogP contribution in [0.5, 0.6) is 0 Å². The maximum atomic E-state index is 11.8. The second-order valence-electron chi connectivity index (χ2n) is 4.92. The molecule has 0 spiro atoms. The highest BCUT2D eigenvalue weighted by Gasteiger charge is 2.13. The fraction of sp³-hybridized carbons (Fsp3) is 0.188. The molecule has 0 saturated heterocycles. The summed E-state index contributed by atoms with van der Waals surface area (Å²) in [6.45, 7) is 1.31. The molecule has 1 amide bonds. The standard InChI is InChI=1S/C16H15N3O7/c1-2-25-14(22)9-3-5-10(6-4-9)17-13(21)8-26-15(23)11-7-12(20)19-16(24)18-11/h3-7H,2,8H2,1H3,(H,17,21)(H2,18,19,20,24). The lowest BCUT2D eigenvalue weighted by Crippen LogP contribution is -2.27. The minimum Gasteiger partial charge on any atom is -0.462 e. The van der Waals surface area contributed by atoms with Gasteiger partial charge >= 0.3 is 17.6 Å². The van der Waals surface area contributed by atoms with E-state index in [1.54, 1.807) is 6.92 Å². The van der Waals surface area contributed by atoms with E-state index in [-0.39, 0.29) is 12.3 Å². The Kier molecular flexibility index (Phi) is 6.04. The lowest BCUT2D eigenvalue weighted by Gasteiger charge is -2.07. The molecule has 0 aliphatic carbocycles. The van der Waals surface area contributed by atoms with Gasteiger partial charge < -0.3 is 19.8 Å². The number of benzene rings is 1. The van der Waals surface area contributed by atoms with Gasteiger partial charge in [0.25, 0.3) is 11.5 Å². The minimum absolute atomic E-state index is 0.251. The monoisotopic (exact) mass is 361 g/mol. The number of amides is 1. The van der Waals surface area contributed by atoms with Gasteiger partial charge in [0.1, 0.15) is 5.69 Å². The molecule has 10 heteroatoms. The zero-order valence-corrected chi connectivity index (χ0v) is 13.7.